The highest BCUT2D eigenvalue weighted by Crippen LogP contribution is 2.23. The first-order chi connectivity index (χ1) is 12.4. The number of aryl methyl sites for hydroxylation is 1. The Balaban J connectivity index is 2.01. The first-order valence-corrected chi connectivity index (χ1v) is 8.90. The summed E-state index contributed by atoms with van der Waals surface area (Å²) in [5.41, 5.74) is 1.90. The monoisotopic (exact) mass is 374 g/mol. The fraction of sp³-hybridized carbons (Fsp3) is 0.300. The summed E-state index contributed by atoms with van der Waals surface area (Å²) in [7, 11) is 0. The third-order valence-corrected chi connectivity index (χ3v) is 3.97. The molecule has 1 unspecified atom stereocenters. The van der Waals surface area contributed by atoms with Crippen LogP contribution in [0.3, 0.4) is 0 Å². The molecular weight excluding hydrogens is 352 g/mol. The molecule has 2 rings (SSSR count). The summed E-state index contributed by atoms with van der Waals surface area (Å²) in [6, 6.07) is 12.0. The van der Waals surface area contributed by atoms with Crippen LogP contribution in [-0.4, -0.2) is 24.5 Å². The van der Waals surface area contributed by atoms with Crippen LogP contribution in [0.2, 0.25) is 5.02 Å². The molecule has 0 aliphatic heterocycles. The summed E-state index contributed by atoms with van der Waals surface area (Å²) in [5, 5.41) is 6.20. The van der Waals surface area contributed by atoms with Gasteiger partial charge in [-0.25, -0.2) is 0 Å². The molecule has 0 radical (unpaired) electrons. The van der Waals surface area contributed by atoms with Gasteiger partial charge in [-0.05, 0) is 62.2 Å². The zero-order chi connectivity index (χ0) is 19.1. The van der Waals surface area contributed by atoms with Crippen molar-refractivity contribution in [3.8, 4) is 5.75 Å². The predicted molar refractivity (Wildman–Crippen MR) is 104 cm³/mol. The lowest BCUT2D eigenvalue weighted by molar-refractivity contribution is -0.122. The van der Waals surface area contributed by atoms with Gasteiger partial charge >= 0.3 is 0 Å². The molecule has 6 heteroatoms. The van der Waals surface area contributed by atoms with E-state index in [1.54, 1.807) is 49.4 Å². The van der Waals surface area contributed by atoms with Crippen molar-refractivity contribution in [3.05, 3.63) is 58.6 Å². The number of anilines is 1. The molecule has 0 bridgehead atoms. The summed E-state index contributed by atoms with van der Waals surface area (Å²) in [4.78, 5) is 24.4. The van der Waals surface area contributed by atoms with E-state index in [-0.39, 0.29) is 11.8 Å². The maximum absolute atomic E-state index is 12.4. The number of hydrogen-bond donors (Lipinski definition) is 2. The van der Waals surface area contributed by atoms with E-state index in [9.17, 15) is 9.59 Å². The molecule has 0 saturated heterocycles. The van der Waals surface area contributed by atoms with Gasteiger partial charge in [0.1, 0.15) is 5.75 Å². The molecule has 0 heterocycles. The highest BCUT2D eigenvalue weighted by molar-refractivity contribution is 6.30. The van der Waals surface area contributed by atoms with Gasteiger partial charge in [0, 0.05) is 22.8 Å². The van der Waals surface area contributed by atoms with Gasteiger partial charge in [-0.1, -0.05) is 24.6 Å². The van der Waals surface area contributed by atoms with Gasteiger partial charge < -0.3 is 15.4 Å². The number of carbonyl (C=O) groups excluding carboxylic acids is 2. The molecule has 2 N–H and O–H groups in total. The van der Waals surface area contributed by atoms with Crippen LogP contribution in [0, 0.1) is 6.92 Å². The normalized spacial score (nSPS) is 11.5. The number of nitrogens with one attached hydrogen (secondary N) is 2. The van der Waals surface area contributed by atoms with Gasteiger partial charge in [-0.3, -0.25) is 9.59 Å². The Bertz CT molecular complexity index is 792. The lowest BCUT2D eigenvalue weighted by Crippen LogP contribution is -2.30. The van der Waals surface area contributed by atoms with E-state index in [4.69, 9.17) is 16.3 Å². The van der Waals surface area contributed by atoms with E-state index >= 15 is 0 Å². The highest BCUT2D eigenvalue weighted by Gasteiger charge is 2.16. The Morgan fingerprint density at radius 2 is 1.96 bits per heavy atom. The van der Waals surface area contributed by atoms with Crippen molar-refractivity contribution in [1.82, 2.24) is 5.32 Å². The van der Waals surface area contributed by atoms with Crippen molar-refractivity contribution in [2.24, 2.45) is 0 Å². The predicted octanol–water partition coefficient (Wildman–Crippen LogP) is 4.19. The zero-order valence-corrected chi connectivity index (χ0v) is 15.9. The first kappa shape index (κ1) is 19.8. The van der Waals surface area contributed by atoms with Crippen molar-refractivity contribution in [1.29, 1.82) is 0 Å². The second kappa shape index (κ2) is 9.25. The molecule has 0 aliphatic carbocycles. The van der Waals surface area contributed by atoms with Crippen LogP contribution in [0.25, 0.3) is 0 Å². The smallest absolute Gasteiger partial charge is 0.265 e. The lowest BCUT2D eigenvalue weighted by atomic mass is 10.2. The van der Waals surface area contributed by atoms with E-state index < -0.39 is 6.10 Å². The van der Waals surface area contributed by atoms with Crippen molar-refractivity contribution >= 4 is 29.1 Å². The minimum absolute atomic E-state index is 0.163. The molecule has 0 fully saturated rings. The summed E-state index contributed by atoms with van der Waals surface area (Å²) < 4.78 is 5.71. The van der Waals surface area contributed by atoms with Crippen LogP contribution in [0.4, 0.5) is 5.69 Å². The Kier molecular flexibility index (Phi) is 7.04. The Morgan fingerprint density at radius 1 is 1.19 bits per heavy atom. The molecular formula is C20H23ClN2O3. The van der Waals surface area contributed by atoms with Crippen molar-refractivity contribution in [2.45, 2.75) is 33.3 Å². The Hall–Kier alpha value is -2.53. The van der Waals surface area contributed by atoms with Crippen LogP contribution < -0.4 is 15.4 Å². The highest BCUT2D eigenvalue weighted by atomic mass is 35.5. The molecule has 138 valence electrons. The number of ether oxygens (including phenoxy) is 1. The largest absolute Gasteiger partial charge is 0.481 e. The van der Waals surface area contributed by atoms with Gasteiger partial charge in [0.25, 0.3) is 11.8 Å². The van der Waals surface area contributed by atoms with E-state index in [1.165, 1.54) is 0 Å². The third kappa shape index (κ3) is 5.49. The molecule has 0 aliphatic rings. The van der Waals surface area contributed by atoms with Crippen LogP contribution in [-0.2, 0) is 4.79 Å². The first-order valence-electron chi connectivity index (χ1n) is 8.52. The second-order valence-electron chi connectivity index (χ2n) is 6.00. The molecule has 0 spiro atoms. The molecule has 0 aromatic heterocycles. The zero-order valence-electron chi connectivity index (χ0n) is 15.1. The summed E-state index contributed by atoms with van der Waals surface area (Å²) in [6.07, 6.45) is 0.161. The molecule has 1 atom stereocenters. The number of amides is 2. The quantitative estimate of drug-likeness (QED) is 0.763. The molecule has 0 saturated carbocycles. The average molecular weight is 375 g/mol. The molecule has 2 amide bonds. The minimum atomic E-state index is -0.701. The van der Waals surface area contributed by atoms with Gasteiger partial charge in [0.05, 0.1) is 0 Å². The average Bonchev–Trinajstić information content (AvgIpc) is 2.62. The standard InChI is InChI=1S/C20H23ClN2O3/c1-4-10-22-20(25)15-6-5-7-17(12-15)23-19(24)14(3)26-18-9-8-16(21)11-13(18)2/h5-9,11-12,14H,4,10H2,1-3H3,(H,22,25)(H,23,24). The van der Waals surface area contributed by atoms with Gasteiger partial charge in [-0.2, -0.15) is 0 Å². The van der Waals surface area contributed by atoms with Crippen LogP contribution in [0.5, 0.6) is 5.75 Å². The van der Waals surface area contributed by atoms with E-state index in [2.05, 4.69) is 10.6 Å². The number of carbonyl (C=O) groups is 2. The molecule has 2 aromatic rings. The lowest BCUT2D eigenvalue weighted by Gasteiger charge is -2.16. The number of halogens is 1. The molecule has 5 nitrogen and oxygen atoms in total. The maximum atomic E-state index is 12.4. The maximum Gasteiger partial charge on any atom is 0.265 e. The number of hydrogen-bond acceptors (Lipinski definition) is 3. The van der Waals surface area contributed by atoms with E-state index in [0.29, 0.717) is 28.6 Å². The van der Waals surface area contributed by atoms with Crippen LogP contribution in [0.15, 0.2) is 42.5 Å². The molecule has 26 heavy (non-hydrogen) atoms. The van der Waals surface area contributed by atoms with Crippen molar-refractivity contribution < 1.29 is 14.3 Å². The number of benzene rings is 2. The van der Waals surface area contributed by atoms with Gasteiger partial charge in [0.2, 0.25) is 0 Å². The molecule has 2 aromatic carbocycles. The fourth-order valence-corrected chi connectivity index (χ4v) is 2.54. The van der Waals surface area contributed by atoms with E-state index in [0.717, 1.165) is 12.0 Å². The van der Waals surface area contributed by atoms with Crippen LogP contribution in [0.1, 0.15) is 36.2 Å². The van der Waals surface area contributed by atoms with Crippen molar-refractivity contribution in [3.63, 3.8) is 0 Å². The minimum Gasteiger partial charge on any atom is -0.481 e. The SMILES string of the molecule is CCCNC(=O)c1cccc(NC(=O)C(C)Oc2ccc(Cl)cc2C)c1. The van der Waals surface area contributed by atoms with Crippen molar-refractivity contribution in [2.75, 3.05) is 11.9 Å². The second-order valence-corrected chi connectivity index (χ2v) is 6.43. The fourth-order valence-electron chi connectivity index (χ4n) is 2.31. The van der Waals surface area contributed by atoms with Crippen LogP contribution >= 0.6 is 11.6 Å². The Labute approximate surface area is 158 Å². The Morgan fingerprint density at radius 3 is 2.65 bits per heavy atom. The van der Waals surface area contributed by atoms with Gasteiger partial charge in [-0.15, -0.1) is 0 Å². The number of rotatable bonds is 7. The summed E-state index contributed by atoms with van der Waals surface area (Å²) >= 11 is 5.93. The third-order valence-electron chi connectivity index (χ3n) is 3.74. The topological polar surface area (TPSA) is 67.4 Å². The summed E-state index contributed by atoms with van der Waals surface area (Å²) in [5.74, 6) is 0.138. The van der Waals surface area contributed by atoms with E-state index in [1.807, 2.05) is 13.8 Å². The van der Waals surface area contributed by atoms with Gasteiger partial charge in [0.15, 0.2) is 6.10 Å². The summed E-state index contributed by atoms with van der Waals surface area (Å²) in [6.45, 7) is 6.13.